The number of fused-ring (bicyclic) bond motifs is 1. The fraction of sp³-hybridized carbons (Fsp3) is 0.300. The molecule has 0 spiro atoms. The Morgan fingerprint density at radius 3 is 2.55 bits per heavy atom. The molecule has 5 rings (SSSR count). The molecular weight excluding hydrogens is 500 g/mol. The summed E-state index contributed by atoms with van der Waals surface area (Å²) < 4.78 is 16.8. The standard InChI is InChI=1S/C30H30N2O5S/c1-3-10-22-23(27-24-13-4-5-15-26(24)37-32-27)14-9-16-25(22)36-18-7-6-17-35-21-12-8-11-20(19-21)30(2)28(33)31-29(34)38-30/h4-5,8-9,11-16,19H,3,6-7,10,17-18H2,1-2H3,(H,31,33,34). The van der Waals surface area contributed by atoms with Gasteiger partial charge in [0.05, 0.1) is 13.2 Å². The SMILES string of the molecule is CCCc1c(OCCCCOc2cccc(C3(C)SC(=O)NC3=O)c2)cccc1-c1noc2ccccc12. The van der Waals surface area contributed by atoms with Crippen molar-refractivity contribution in [1.82, 2.24) is 10.5 Å². The molecule has 7 nitrogen and oxygen atoms in total. The van der Waals surface area contributed by atoms with Crippen LogP contribution in [0.25, 0.3) is 22.2 Å². The van der Waals surface area contributed by atoms with Crippen LogP contribution in [0.2, 0.25) is 0 Å². The van der Waals surface area contributed by atoms with E-state index in [0.717, 1.165) is 76.5 Å². The molecule has 2 heterocycles. The second-order valence-electron chi connectivity index (χ2n) is 9.37. The van der Waals surface area contributed by atoms with Gasteiger partial charge in [-0.1, -0.05) is 54.9 Å². The molecule has 1 unspecified atom stereocenters. The topological polar surface area (TPSA) is 90.7 Å². The van der Waals surface area contributed by atoms with Gasteiger partial charge in [0.15, 0.2) is 5.58 Å². The highest BCUT2D eigenvalue weighted by atomic mass is 32.2. The Kier molecular flexibility index (Phi) is 7.69. The molecular formula is C30H30N2O5S. The molecule has 1 fully saturated rings. The number of hydrogen-bond donors (Lipinski definition) is 1. The van der Waals surface area contributed by atoms with Crippen molar-refractivity contribution >= 4 is 33.9 Å². The van der Waals surface area contributed by atoms with Crippen LogP contribution < -0.4 is 14.8 Å². The maximum absolute atomic E-state index is 12.3. The number of aromatic nitrogens is 1. The van der Waals surface area contributed by atoms with E-state index in [1.54, 1.807) is 6.92 Å². The number of hydrogen-bond acceptors (Lipinski definition) is 7. The normalized spacial score (nSPS) is 17.1. The van der Waals surface area contributed by atoms with Gasteiger partial charge in [-0.15, -0.1) is 0 Å². The minimum absolute atomic E-state index is 0.301. The van der Waals surface area contributed by atoms with Crippen LogP contribution >= 0.6 is 11.8 Å². The number of benzene rings is 3. The molecule has 0 aliphatic carbocycles. The number of nitrogens with one attached hydrogen (secondary N) is 1. The minimum Gasteiger partial charge on any atom is -0.494 e. The van der Waals surface area contributed by atoms with E-state index in [1.807, 2.05) is 60.7 Å². The average Bonchev–Trinajstić information content (AvgIpc) is 3.47. The molecule has 1 saturated heterocycles. The predicted octanol–water partition coefficient (Wildman–Crippen LogP) is 6.88. The van der Waals surface area contributed by atoms with Crippen molar-refractivity contribution in [3.05, 3.63) is 77.9 Å². The van der Waals surface area contributed by atoms with E-state index in [2.05, 4.69) is 23.5 Å². The van der Waals surface area contributed by atoms with Crippen molar-refractivity contribution in [1.29, 1.82) is 0 Å². The molecule has 1 aliphatic heterocycles. The molecule has 0 radical (unpaired) electrons. The minimum atomic E-state index is -0.937. The summed E-state index contributed by atoms with van der Waals surface area (Å²) in [6.07, 6.45) is 3.51. The van der Waals surface area contributed by atoms with E-state index >= 15 is 0 Å². The maximum atomic E-state index is 12.3. The Morgan fingerprint density at radius 2 is 1.76 bits per heavy atom. The molecule has 8 heteroatoms. The lowest BCUT2D eigenvalue weighted by Gasteiger charge is -2.19. The third-order valence-corrected chi connectivity index (χ3v) is 7.78. The van der Waals surface area contributed by atoms with Crippen LogP contribution in [0, 0.1) is 0 Å². The fourth-order valence-electron chi connectivity index (χ4n) is 4.63. The number of thioether (sulfide) groups is 1. The van der Waals surface area contributed by atoms with Crippen molar-refractivity contribution in [2.45, 2.75) is 44.3 Å². The van der Waals surface area contributed by atoms with Crippen LogP contribution in [-0.4, -0.2) is 29.5 Å². The highest BCUT2D eigenvalue weighted by molar-refractivity contribution is 8.15. The van der Waals surface area contributed by atoms with Gasteiger partial charge in [0.2, 0.25) is 5.91 Å². The van der Waals surface area contributed by atoms with E-state index in [-0.39, 0.29) is 11.1 Å². The highest BCUT2D eigenvalue weighted by Gasteiger charge is 2.45. The van der Waals surface area contributed by atoms with Crippen LogP contribution in [0.5, 0.6) is 11.5 Å². The summed E-state index contributed by atoms with van der Waals surface area (Å²) in [4.78, 5) is 23.9. The third kappa shape index (κ3) is 5.27. The predicted molar refractivity (Wildman–Crippen MR) is 149 cm³/mol. The van der Waals surface area contributed by atoms with Gasteiger partial charge in [0.1, 0.15) is 21.9 Å². The molecule has 4 aromatic rings. The first-order chi connectivity index (χ1) is 18.5. The summed E-state index contributed by atoms with van der Waals surface area (Å²) >= 11 is 0.995. The monoisotopic (exact) mass is 530 g/mol. The van der Waals surface area contributed by atoms with Gasteiger partial charge in [0.25, 0.3) is 5.24 Å². The fourth-order valence-corrected chi connectivity index (χ4v) is 5.53. The average molecular weight is 531 g/mol. The van der Waals surface area contributed by atoms with Gasteiger partial charge in [-0.3, -0.25) is 14.9 Å². The lowest BCUT2D eigenvalue weighted by molar-refractivity contribution is -0.121. The van der Waals surface area contributed by atoms with E-state index in [4.69, 9.17) is 14.0 Å². The molecule has 38 heavy (non-hydrogen) atoms. The summed E-state index contributed by atoms with van der Waals surface area (Å²) in [5.41, 5.74) is 4.55. The van der Waals surface area contributed by atoms with E-state index in [9.17, 15) is 9.59 Å². The van der Waals surface area contributed by atoms with Gasteiger partial charge < -0.3 is 14.0 Å². The molecule has 3 aromatic carbocycles. The Morgan fingerprint density at radius 1 is 0.974 bits per heavy atom. The van der Waals surface area contributed by atoms with Crippen LogP contribution in [0.4, 0.5) is 4.79 Å². The van der Waals surface area contributed by atoms with Crippen molar-refractivity contribution in [2.75, 3.05) is 13.2 Å². The second kappa shape index (κ2) is 11.3. The van der Waals surface area contributed by atoms with E-state index in [1.165, 1.54) is 0 Å². The van der Waals surface area contributed by atoms with Crippen molar-refractivity contribution < 1.29 is 23.6 Å². The van der Waals surface area contributed by atoms with Crippen molar-refractivity contribution in [3.8, 4) is 22.8 Å². The number of unbranched alkanes of at least 4 members (excludes halogenated alkanes) is 1. The zero-order chi connectivity index (χ0) is 26.5. The number of amides is 2. The Hall–Kier alpha value is -3.78. The first kappa shape index (κ1) is 25.9. The third-order valence-electron chi connectivity index (χ3n) is 6.66. The van der Waals surface area contributed by atoms with Gasteiger partial charge >= 0.3 is 0 Å². The van der Waals surface area contributed by atoms with Crippen LogP contribution in [0.3, 0.4) is 0 Å². The van der Waals surface area contributed by atoms with Crippen molar-refractivity contribution in [3.63, 3.8) is 0 Å². The number of nitrogens with zero attached hydrogens (tertiary/aromatic N) is 1. The molecule has 1 aromatic heterocycles. The molecule has 0 bridgehead atoms. The number of imide groups is 1. The van der Waals surface area contributed by atoms with Crippen LogP contribution in [0.1, 0.15) is 44.2 Å². The zero-order valence-electron chi connectivity index (χ0n) is 21.5. The lowest BCUT2D eigenvalue weighted by atomic mass is 9.97. The molecule has 196 valence electrons. The van der Waals surface area contributed by atoms with Crippen LogP contribution in [-0.2, 0) is 16.0 Å². The van der Waals surface area contributed by atoms with E-state index in [0.29, 0.717) is 19.0 Å². The number of carbonyl (C=O) groups excluding carboxylic acids is 2. The first-order valence-electron chi connectivity index (χ1n) is 12.9. The Balaban J connectivity index is 1.17. The quantitative estimate of drug-likeness (QED) is 0.211. The first-order valence-corrected chi connectivity index (χ1v) is 13.7. The van der Waals surface area contributed by atoms with Gasteiger partial charge in [0, 0.05) is 16.5 Å². The molecule has 1 aliphatic rings. The number of para-hydroxylation sites is 1. The van der Waals surface area contributed by atoms with E-state index < -0.39 is 4.75 Å². The summed E-state index contributed by atoms with van der Waals surface area (Å²) in [6.45, 7) is 5.00. The molecule has 1 N–H and O–H groups in total. The molecule has 2 amide bonds. The number of carbonyl (C=O) groups is 2. The number of rotatable bonds is 11. The summed E-state index contributed by atoms with van der Waals surface area (Å²) in [6, 6.07) is 21.4. The second-order valence-corrected chi connectivity index (χ2v) is 10.8. The summed E-state index contributed by atoms with van der Waals surface area (Å²) in [5, 5.41) is 7.38. The summed E-state index contributed by atoms with van der Waals surface area (Å²) in [7, 11) is 0. The van der Waals surface area contributed by atoms with Gasteiger partial charge in [-0.2, -0.15) is 0 Å². The zero-order valence-corrected chi connectivity index (χ0v) is 22.3. The van der Waals surface area contributed by atoms with Crippen molar-refractivity contribution in [2.24, 2.45) is 0 Å². The largest absolute Gasteiger partial charge is 0.494 e. The van der Waals surface area contributed by atoms with Gasteiger partial charge in [-0.25, -0.2) is 0 Å². The lowest BCUT2D eigenvalue weighted by Crippen LogP contribution is -2.31. The van der Waals surface area contributed by atoms with Crippen LogP contribution in [0.15, 0.2) is 71.3 Å². The molecule has 1 atom stereocenters. The maximum Gasteiger partial charge on any atom is 0.287 e. The Bertz CT molecular complexity index is 1470. The van der Waals surface area contributed by atoms with Gasteiger partial charge in [-0.05, 0) is 73.8 Å². The highest BCUT2D eigenvalue weighted by Crippen LogP contribution is 2.42. The summed E-state index contributed by atoms with van der Waals surface area (Å²) in [5.74, 6) is 1.25. The Labute approximate surface area is 225 Å². The number of ether oxygens (including phenoxy) is 2. The molecule has 0 saturated carbocycles. The smallest absolute Gasteiger partial charge is 0.287 e.